The van der Waals surface area contributed by atoms with Gasteiger partial charge in [0.2, 0.25) is 5.12 Å². The monoisotopic (exact) mass is 332 g/mol. The van der Waals surface area contributed by atoms with Crippen molar-refractivity contribution < 1.29 is 24.3 Å². The summed E-state index contributed by atoms with van der Waals surface area (Å²) in [5.74, 6) is 0. The number of carbonyl (C=O) groups excluding carboxylic acids is 1. The summed E-state index contributed by atoms with van der Waals surface area (Å²) >= 11 is 1.17. The summed E-state index contributed by atoms with van der Waals surface area (Å²) in [7, 11) is 0. The number of ether oxygens (including phenoxy) is 1. The van der Waals surface area contributed by atoms with Crippen LogP contribution in [-0.2, 0) is 4.74 Å². The predicted octanol–water partition coefficient (Wildman–Crippen LogP) is 1.55. The first-order valence-corrected chi connectivity index (χ1v) is 8.21. The molecule has 1 aromatic heterocycles. The van der Waals surface area contributed by atoms with Crippen molar-refractivity contribution >= 4 is 16.9 Å². The summed E-state index contributed by atoms with van der Waals surface area (Å²) < 4.78 is 7.37. The number of aliphatic hydroxyl groups excluding tert-OH is 2. The molecule has 120 valence electrons. The van der Waals surface area contributed by atoms with Gasteiger partial charge in [-0.25, -0.2) is 0 Å². The highest BCUT2D eigenvalue weighted by Crippen LogP contribution is 2.25. The molecule has 6 heteroatoms. The molecule has 1 aliphatic rings. The zero-order chi connectivity index (χ0) is 16.2. The third kappa shape index (κ3) is 3.79. The Morgan fingerprint density at radius 2 is 2.04 bits per heavy atom. The molecular weight excluding hydrogens is 314 g/mol. The van der Waals surface area contributed by atoms with Gasteiger partial charge in [-0.2, -0.15) is 4.57 Å². The van der Waals surface area contributed by atoms with Crippen LogP contribution >= 0.6 is 11.8 Å². The van der Waals surface area contributed by atoms with Crippen molar-refractivity contribution in [3.05, 3.63) is 60.4 Å². The van der Waals surface area contributed by atoms with E-state index in [1.54, 1.807) is 29.1 Å². The number of aliphatic hydroxyl groups is 2. The Hall–Kier alpha value is -1.73. The van der Waals surface area contributed by atoms with Crippen LogP contribution in [0.3, 0.4) is 0 Å². The van der Waals surface area contributed by atoms with E-state index < -0.39 is 12.2 Å². The van der Waals surface area contributed by atoms with Gasteiger partial charge in [0, 0.05) is 11.0 Å². The van der Waals surface area contributed by atoms with Gasteiger partial charge >= 0.3 is 0 Å². The van der Waals surface area contributed by atoms with Crippen LogP contribution in [0.4, 0.5) is 0 Å². The Bertz CT molecular complexity index is 679. The lowest BCUT2D eigenvalue weighted by Gasteiger charge is -2.09. The number of pyridine rings is 1. The van der Waals surface area contributed by atoms with Gasteiger partial charge in [-0.15, -0.1) is 0 Å². The number of benzene rings is 1. The number of nitrogens with zero attached hydrogens (tertiary/aromatic N) is 1. The molecule has 23 heavy (non-hydrogen) atoms. The molecule has 0 bridgehead atoms. The van der Waals surface area contributed by atoms with Crippen molar-refractivity contribution in [2.45, 2.75) is 29.8 Å². The van der Waals surface area contributed by atoms with Crippen molar-refractivity contribution in [2.24, 2.45) is 0 Å². The third-order valence-corrected chi connectivity index (χ3v) is 4.66. The van der Waals surface area contributed by atoms with Crippen LogP contribution < -0.4 is 4.57 Å². The van der Waals surface area contributed by atoms with Gasteiger partial charge in [0.15, 0.2) is 12.4 Å². The smallest absolute Gasteiger partial charge is 0.265 e. The van der Waals surface area contributed by atoms with Gasteiger partial charge in [0.05, 0.1) is 24.7 Å². The molecule has 2 aromatic rings. The first-order valence-electron chi connectivity index (χ1n) is 7.40. The molecule has 1 fully saturated rings. The summed E-state index contributed by atoms with van der Waals surface area (Å²) in [6, 6.07) is 13.0. The normalized spacial score (nSPS) is 23.8. The SMILES string of the molecule is O=C(Sc1ccccc1)c1ccc[n+]([C@H]2C[C@H](O)C(CO)O2)c1. The van der Waals surface area contributed by atoms with E-state index in [1.807, 2.05) is 30.3 Å². The quantitative estimate of drug-likeness (QED) is 0.657. The maximum Gasteiger partial charge on any atom is 0.265 e. The Morgan fingerprint density at radius 3 is 2.74 bits per heavy atom. The second-order valence-corrected chi connectivity index (χ2v) is 6.40. The highest BCUT2D eigenvalue weighted by molar-refractivity contribution is 8.14. The molecule has 0 saturated carbocycles. The third-order valence-electron chi connectivity index (χ3n) is 3.73. The fourth-order valence-corrected chi connectivity index (χ4v) is 3.26. The molecule has 1 aromatic carbocycles. The Morgan fingerprint density at radius 1 is 1.26 bits per heavy atom. The van der Waals surface area contributed by atoms with Crippen LogP contribution in [0, 0.1) is 0 Å². The minimum Gasteiger partial charge on any atom is -0.394 e. The molecule has 0 aliphatic carbocycles. The first-order chi connectivity index (χ1) is 11.2. The minimum absolute atomic E-state index is 0.0530. The molecule has 2 N–H and O–H groups in total. The van der Waals surface area contributed by atoms with Crippen LogP contribution in [0.2, 0.25) is 0 Å². The van der Waals surface area contributed by atoms with Gasteiger partial charge in [-0.05, 0) is 30.0 Å². The van der Waals surface area contributed by atoms with Crippen LogP contribution in [-0.4, -0.2) is 34.1 Å². The zero-order valence-electron chi connectivity index (χ0n) is 12.4. The minimum atomic E-state index is -0.699. The topological polar surface area (TPSA) is 70.6 Å². The number of thioether (sulfide) groups is 1. The lowest BCUT2D eigenvalue weighted by molar-refractivity contribution is -0.759. The van der Waals surface area contributed by atoms with Gasteiger partial charge in [0.1, 0.15) is 6.10 Å². The van der Waals surface area contributed by atoms with Crippen molar-refractivity contribution in [2.75, 3.05) is 6.61 Å². The molecule has 2 heterocycles. The molecule has 3 atom stereocenters. The number of hydrogen-bond donors (Lipinski definition) is 2. The standard InChI is InChI=1S/C17H18NO4S/c19-11-15-14(20)9-16(22-15)18-8-4-5-12(10-18)17(21)23-13-6-2-1-3-7-13/h1-8,10,14-16,19-20H,9,11H2/q+1/t14-,15?,16+/m0/s1. The second-order valence-electron chi connectivity index (χ2n) is 5.36. The van der Waals surface area contributed by atoms with Gasteiger partial charge in [-0.1, -0.05) is 18.2 Å². The van der Waals surface area contributed by atoms with Crippen molar-refractivity contribution in [3.63, 3.8) is 0 Å². The predicted molar refractivity (Wildman–Crippen MR) is 84.9 cm³/mol. The summed E-state index contributed by atoms with van der Waals surface area (Å²) in [6.07, 6.45) is 2.24. The Kier molecular flexibility index (Phi) is 5.07. The molecule has 1 unspecified atom stereocenters. The second kappa shape index (κ2) is 7.23. The molecule has 3 rings (SSSR count). The Labute approximate surface area is 138 Å². The molecular formula is C17H18NO4S+. The maximum absolute atomic E-state index is 12.4. The summed E-state index contributed by atoms with van der Waals surface area (Å²) in [6.45, 7) is -0.222. The molecule has 1 aliphatic heterocycles. The lowest BCUT2D eigenvalue weighted by atomic mass is 10.2. The van der Waals surface area contributed by atoms with Crippen LogP contribution in [0.5, 0.6) is 0 Å². The van der Waals surface area contributed by atoms with E-state index in [0.717, 1.165) is 4.90 Å². The van der Waals surface area contributed by atoms with Crippen molar-refractivity contribution in [1.29, 1.82) is 0 Å². The Balaban J connectivity index is 1.74. The summed E-state index contributed by atoms with van der Waals surface area (Å²) in [4.78, 5) is 13.3. The molecule has 1 saturated heterocycles. The van der Waals surface area contributed by atoms with Gasteiger partial charge < -0.3 is 14.9 Å². The lowest BCUT2D eigenvalue weighted by Crippen LogP contribution is -2.39. The first kappa shape index (κ1) is 16.1. The summed E-state index contributed by atoms with van der Waals surface area (Å²) in [5, 5.41) is 18.9. The van der Waals surface area contributed by atoms with Crippen molar-refractivity contribution in [1.82, 2.24) is 0 Å². The zero-order valence-corrected chi connectivity index (χ0v) is 13.2. The number of aromatic nitrogens is 1. The highest BCUT2D eigenvalue weighted by Gasteiger charge is 2.39. The average Bonchev–Trinajstić information content (AvgIpc) is 2.97. The number of rotatable bonds is 4. The largest absolute Gasteiger partial charge is 0.394 e. The van der Waals surface area contributed by atoms with E-state index in [4.69, 9.17) is 9.84 Å². The van der Waals surface area contributed by atoms with E-state index in [1.165, 1.54) is 11.8 Å². The van der Waals surface area contributed by atoms with E-state index in [-0.39, 0.29) is 18.0 Å². The maximum atomic E-state index is 12.4. The number of carbonyl (C=O) groups is 1. The van der Waals surface area contributed by atoms with E-state index >= 15 is 0 Å². The van der Waals surface area contributed by atoms with E-state index in [2.05, 4.69) is 0 Å². The van der Waals surface area contributed by atoms with Crippen LogP contribution in [0.15, 0.2) is 59.8 Å². The van der Waals surface area contributed by atoms with Crippen LogP contribution in [0.25, 0.3) is 0 Å². The van der Waals surface area contributed by atoms with Gasteiger partial charge in [-0.3, -0.25) is 4.79 Å². The van der Waals surface area contributed by atoms with Crippen molar-refractivity contribution in [3.8, 4) is 0 Å². The number of hydrogen-bond acceptors (Lipinski definition) is 5. The fraction of sp³-hybridized carbons (Fsp3) is 0.294. The van der Waals surface area contributed by atoms with E-state index in [0.29, 0.717) is 12.0 Å². The molecule has 0 radical (unpaired) electrons. The molecule has 0 amide bonds. The van der Waals surface area contributed by atoms with Gasteiger partial charge in [0.25, 0.3) is 6.23 Å². The molecule has 0 spiro atoms. The van der Waals surface area contributed by atoms with E-state index in [9.17, 15) is 9.90 Å². The fourth-order valence-electron chi connectivity index (χ4n) is 2.51. The average molecular weight is 332 g/mol. The highest BCUT2D eigenvalue weighted by atomic mass is 32.2. The summed E-state index contributed by atoms with van der Waals surface area (Å²) in [5.41, 5.74) is 0.562. The molecule has 5 nitrogen and oxygen atoms in total. The van der Waals surface area contributed by atoms with Crippen LogP contribution in [0.1, 0.15) is 23.0 Å².